The fourth-order valence-corrected chi connectivity index (χ4v) is 3.00. The zero-order valence-electron chi connectivity index (χ0n) is 15.1. The van der Waals surface area contributed by atoms with Crippen molar-refractivity contribution in [1.82, 2.24) is 9.88 Å². The normalized spacial score (nSPS) is 15.5. The van der Waals surface area contributed by atoms with Gasteiger partial charge in [-0.2, -0.15) is 0 Å². The van der Waals surface area contributed by atoms with Crippen LogP contribution in [0.5, 0.6) is 5.75 Å². The Morgan fingerprint density at radius 1 is 1.08 bits per heavy atom. The average Bonchev–Trinajstić information content (AvgIpc) is 2.68. The first-order chi connectivity index (χ1) is 12.5. The quantitative estimate of drug-likeness (QED) is 0.773. The molecule has 1 saturated heterocycles. The number of pyridine rings is 1. The molecule has 0 N–H and O–H groups in total. The highest BCUT2D eigenvalue weighted by atomic mass is 16.5. The summed E-state index contributed by atoms with van der Waals surface area (Å²) in [6.45, 7) is 6.01. The van der Waals surface area contributed by atoms with E-state index in [2.05, 4.69) is 9.88 Å². The molecule has 2 aromatic rings. The summed E-state index contributed by atoms with van der Waals surface area (Å²) in [4.78, 5) is 32.5. The molecule has 6 nitrogen and oxygen atoms in total. The summed E-state index contributed by atoms with van der Waals surface area (Å²) in [5.74, 6) is 1.40. The summed E-state index contributed by atoms with van der Waals surface area (Å²) >= 11 is 0. The number of carbonyl (C=O) groups excluding carboxylic acids is 2. The van der Waals surface area contributed by atoms with E-state index in [4.69, 9.17) is 4.74 Å². The van der Waals surface area contributed by atoms with Crippen molar-refractivity contribution in [2.45, 2.75) is 20.0 Å². The lowest BCUT2D eigenvalue weighted by Crippen LogP contribution is -2.52. The van der Waals surface area contributed by atoms with Crippen LogP contribution < -0.4 is 9.64 Å². The van der Waals surface area contributed by atoms with E-state index in [9.17, 15) is 9.59 Å². The van der Waals surface area contributed by atoms with Crippen LogP contribution in [-0.4, -0.2) is 53.9 Å². The zero-order chi connectivity index (χ0) is 18.5. The van der Waals surface area contributed by atoms with E-state index < -0.39 is 6.10 Å². The minimum absolute atomic E-state index is 0.0277. The van der Waals surface area contributed by atoms with Gasteiger partial charge in [-0.3, -0.25) is 9.59 Å². The largest absolute Gasteiger partial charge is 0.481 e. The fraction of sp³-hybridized carbons (Fsp3) is 0.350. The van der Waals surface area contributed by atoms with Gasteiger partial charge in [0.05, 0.1) is 0 Å². The van der Waals surface area contributed by atoms with Gasteiger partial charge in [-0.15, -0.1) is 0 Å². The van der Waals surface area contributed by atoms with Gasteiger partial charge < -0.3 is 14.5 Å². The van der Waals surface area contributed by atoms with Crippen LogP contribution in [0, 0.1) is 0 Å². The van der Waals surface area contributed by atoms with Crippen molar-refractivity contribution < 1.29 is 14.3 Å². The molecule has 0 bridgehead atoms. The first-order valence-corrected chi connectivity index (χ1v) is 8.77. The standard InChI is InChI=1S/C20H23N3O3/c1-15(24)17-6-5-7-18(14-17)26-16(2)20(25)23-12-10-22(11-13-23)19-8-3-4-9-21-19/h3-9,14,16H,10-13H2,1-2H3. The summed E-state index contributed by atoms with van der Waals surface area (Å²) in [6.07, 6.45) is 1.18. The smallest absolute Gasteiger partial charge is 0.263 e. The van der Waals surface area contributed by atoms with Gasteiger partial charge in [0.15, 0.2) is 11.9 Å². The highest BCUT2D eigenvalue weighted by Gasteiger charge is 2.26. The number of hydrogen-bond donors (Lipinski definition) is 0. The molecular formula is C20H23N3O3. The van der Waals surface area contributed by atoms with Crippen LogP contribution in [-0.2, 0) is 4.79 Å². The minimum atomic E-state index is -0.599. The number of hydrogen-bond acceptors (Lipinski definition) is 5. The van der Waals surface area contributed by atoms with Crippen molar-refractivity contribution in [1.29, 1.82) is 0 Å². The van der Waals surface area contributed by atoms with Gasteiger partial charge in [0, 0.05) is 37.9 Å². The molecule has 1 amide bonds. The van der Waals surface area contributed by atoms with Gasteiger partial charge in [0.2, 0.25) is 0 Å². The van der Waals surface area contributed by atoms with Gasteiger partial charge in [0.25, 0.3) is 5.91 Å². The predicted octanol–water partition coefficient (Wildman–Crippen LogP) is 2.40. The first-order valence-electron chi connectivity index (χ1n) is 8.77. The number of piperazine rings is 1. The van der Waals surface area contributed by atoms with Crippen LogP contribution in [0.2, 0.25) is 0 Å². The monoisotopic (exact) mass is 353 g/mol. The van der Waals surface area contributed by atoms with Crippen molar-refractivity contribution in [3.8, 4) is 5.75 Å². The molecule has 0 aliphatic carbocycles. The molecule has 2 heterocycles. The van der Waals surface area contributed by atoms with E-state index >= 15 is 0 Å². The predicted molar refractivity (Wildman–Crippen MR) is 99.6 cm³/mol. The van der Waals surface area contributed by atoms with Gasteiger partial charge in [-0.05, 0) is 38.1 Å². The van der Waals surface area contributed by atoms with E-state index in [0.717, 1.165) is 18.9 Å². The third-order valence-corrected chi connectivity index (χ3v) is 4.47. The number of ketones is 1. The SMILES string of the molecule is CC(=O)c1cccc(OC(C)C(=O)N2CCN(c3ccccn3)CC2)c1. The van der Waals surface area contributed by atoms with E-state index in [1.807, 2.05) is 23.1 Å². The molecule has 0 saturated carbocycles. The molecule has 1 aromatic carbocycles. The molecule has 26 heavy (non-hydrogen) atoms. The van der Waals surface area contributed by atoms with Gasteiger partial charge in [-0.25, -0.2) is 4.98 Å². The Balaban J connectivity index is 1.56. The van der Waals surface area contributed by atoms with E-state index in [1.54, 1.807) is 37.4 Å². The van der Waals surface area contributed by atoms with Gasteiger partial charge in [-0.1, -0.05) is 18.2 Å². The molecule has 3 rings (SSSR count). The van der Waals surface area contributed by atoms with Crippen molar-refractivity contribution in [3.63, 3.8) is 0 Å². The van der Waals surface area contributed by atoms with Gasteiger partial charge in [0.1, 0.15) is 11.6 Å². The first kappa shape index (κ1) is 17.9. The number of Topliss-reactive ketones (excluding diaryl/α,β-unsaturated/α-hetero) is 1. The van der Waals surface area contributed by atoms with E-state index in [1.165, 1.54) is 6.92 Å². The maximum Gasteiger partial charge on any atom is 0.263 e. The van der Waals surface area contributed by atoms with Crippen LogP contribution in [0.1, 0.15) is 24.2 Å². The number of carbonyl (C=O) groups is 2. The third-order valence-electron chi connectivity index (χ3n) is 4.47. The number of amides is 1. The highest BCUT2D eigenvalue weighted by Crippen LogP contribution is 2.17. The molecule has 1 unspecified atom stereocenters. The summed E-state index contributed by atoms with van der Waals surface area (Å²) < 4.78 is 5.76. The molecule has 6 heteroatoms. The van der Waals surface area contributed by atoms with Crippen LogP contribution in [0.25, 0.3) is 0 Å². The number of benzene rings is 1. The number of ether oxygens (including phenoxy) is 1. The lowest BCUT2D eigenvalue weighted by atomic mass is 10.1. The fourth-order valence-electron chi connectivity index (χ4n) is 3.00. The van der Waals surface area contributed by atoms with Crippen molar-refractivity contribution in [3.05, 3.63) is 54.2 Å². The Morgan fingerprint density at radius 3 is 2.50 bits per heavy atom. The summed E-state index contributed by atoms with van der Waals surface area (Å²) in [7, 11) is 0. The van der Waals surface area contributed by atoms with Gasteiger partial charge >= 0.3 is 0 Å². The number of nitrogens with zero attached hydrogens (tertiary/aromatic N) is 3. The molecule has 0 radical (unpaired) electrons. The second-order valence-electron chi connectivity index (χ2n) is 6.34. The van der Waals surface area contributed by atoms with Crippen LogP contribution in [0.4, 0.5) is 5.82 Å². The Morgan fingerprint density at radius 2 is 1.85 bits per heavy atom. The lowest BCUT2D eigenvalue weighted by molar-refractivity contribution is -0.138. The number of aromatic nitrogens is 1. The van der Waals surface area contributed by atoms with Crippen LogP contribution in [0.15, 0.2) is 48.7 Å². The zero-order valence-corrected chi connectivity index (χ0v) is 15.1. The van der Waals surface area contributed by atoms with E-state index in [0.29, 0.717) is 24.4 Å². The summed E-state index contributed by atoms with van der Waals surface area (Å²) in [5.41, 5.74) is 0.575. The maximum absolute atomic E-state index is 12.7. The number of anilines is 1. The molecule has 1 fully saturated rings. The van der Waals surface area contributed by atoms with Crippen molar-refractivity contribution in [2.75, 3.05) is 31.1 Å². The van der Waals surface area contributed by atoms with Crippen LogP contribution >= 0.6 is 0 Å². The Bertz CT molecular complexity index is 771. The van der Waals surface area contributed by atoms with Crippen LogP contribution in [0.3, 0.4) is 0 Å². The van der Waals surface area contributed by atoms with E-state index in [-0.39, 0.29) is 11.7 Å². The molecule has 1 aromatic heterocycles. The van der Waals surface area contributed by atoms with Crippen molar-refractivity contribution >= 4 is 17.5 Å². The molecule has 1 atom stereocenters. The van der Waals surface area contributed by atoms with Crippen molar-refractivity contribution in [2.24, 2.45) is 0 Å². The summed E-state index contributed by atoms with van der Waals surface area (Å²) in [5, 5.41) is 0. The third kappa shape index (κ3) is 4.20. The molecule has 1 aliphatic heterocycles. The number of rotatable bonds is 5. The second-order valence-corrected chi connectivity index (χ2v) is 6.34. The molecule has 136 valence electrons. The maximum atomic E-state index is 12.7. The summed E-state index contributed by atoms with van der Waals surface area (Å²) in [6, 6.07) is 12.8. The Kier molecular flexibility index (Phi) is 5.51. The Labute approximate surface area is 153 Å². The second kappa shape index (κ2) is 7.99. The molecule has 0 spiro atoms. The topological polar surface area (TPSA) is 62.7 Å². The lowest BCUT2D eigenvalue weighted by Gasteiger charge is -2.36. The molecule has 1 aliphatic rings. The Hall–Kier alpha value is -2.89. The molecular weight excluding hydrogens is 330 g/mol. The minimum Gasteiger partial charge on any atom is -0.481 e. The highest BCUT2D eigenvalue weighted by molar-refractivity contribution is 5.94. The average molecular weight is 353 g/mol.